The van der Waals surface area contributed by atoms with Gasteiger partial charge in [0.25, 0.3) is 0 Å². The third-order valence-corrected chi connectivity index (χ3v) is 5.03. The van der Waals surface area contributed by atoms with Gasteiger partial charge in [-0.05, 0) is 51.7 Å². The average Bonchev–Trinajstić information content (AvgIpc) is 2.53. The zero-order valence-corrected chi connectivity index (χ0v) is 11.8. The first-order valence-electron chi connectivity index (χ1n) is 6.65. The Morgan fingerprint density at radius 2 is 1.88 bits per heavy atom. The molecule has 0 radical (unpaired) electrons. The summed E-state index contributed by atoms with van der Waals surface area (Å²) in [6.45, 7) is 6.69. The highest BCUT2D eigenvalue weighted by Crippen LogP contribution is 2.49. The minimum atomic E-state index is -1.51. The summed E-state index contributed by atoms with van der Waals surface area (Å²) in [7, 11) is -1.51. The molecule has 0 N–H and O–H groups in total. The van der Waals surface area contributed by atoms with Crippen LogP contribution in [0.4, 0.5) is 0 Å². The molecule has 16 heavy (non-hydrogen) atoms. The van der Waals surface area contributed by atoms with Crippen molar-refractivity contribution in [3.05, 3.63) is 0 Å². The van der Waals surface area contributed by atoms with Crippen LogP contribution in [0.15, 0.2) is 0 Å². The average molecular weight is 240 g/mol. The Kier molecular flexibility index (Phi) is 3.28. The van der Waals surface area contributed by atoms with Gasteiger partial charge in [0.2, 0.25) is 0 Å². The van der Waals surface area contributed by atoms with Gasteiger partial charge >= 0.3 is 0 Å². The van der Waals surface area contributed by atoms with E-state index in [-0.39, 0.29) is 11.5 Å². The van der Waals surface area contributed by atoms with Crippen LogP contribution < -0.4 is 0 Å². The Balaban J connectivity index is 2.15. The second-order valence-corrected chi connectivity index (χ2v) is 10.9. The van der Waals surface area contributed by atoms with Crippen molar-refractivity contribution in [2.75, 3.05) is 0 Å². The third kappa shape index (κ3) is 2.25. The lowest BCUT2D eigenvalue weighted by molar-refractivity contribution is -0.136. The number of carbonyl (C=O) groups excluding carboxylic acids is 1. The van der Waals surface area contributed by atoms with Crippen molar-refractivity contribution in [1.29, 1.82) is 0 Å². The van der Waals surface area contributed by atoms with Crippen molar-refractivity contribution >= 4 is 14.1 Å². The molecular formula is C13H24O2Si. The molecule has 2 saturated carbocycles. The molecule has 0 heterocycles. The van der Waals surface area contributed by atoms with Crippen molar-refractivity contribution in [3.63, 3.8) is 0 Å². The van der Waals surface area contributed by atoms with E-state index in [0.717, 1.165) is 32.1 Å². The maximum absolute atomic E-state index is 12.3. The molecule has 0 aromatic rings. The van der Waals surface area contributed by atoms with Crippen LogP contribution >= 0.6 is 0 Å². The van der Waals surface area contributed by atoms with Crippen molar-refractivity contribution in [3.8, 4) is 0 Å². The first-order valence-corrected chi connectivity index (χ1v) is 10.1. The molecule has 2 nitrogen and oxygen atoms in total. The van der Waals surface area contributed by atoms with Gasteiger partial charge in [0.1, 0.15) is 5.78 Å². The van der Waals surface area contributed by atoms with E-state index in [4.69, 9.17) is 4.43 Å². The molecule has 0 saturated heterocycles. The van der Waals surface area contributed by atoms with Crippen molar-refractivity contribution in [2.24, 2.45) is 5.41 Å². The molecule has 0 aromatic carbocycles. The monoisotopic (exact) mass is 240 g/mol. The molecule has 1 spiro atoms. The van der Waals surface area contributed by atoms with Gasteiger partial charge in [0, 0.05) is 6.42 Å². The quantitative estimate of drug-likeness (QED) is 0.690. The molecular weight excluding hydrogens is 216 g/mol. The lowest BCUT2D eigenvalue weighted by Gasteiger charge is -2.40. The number of rotatable bonds is 2. The zero-order chi connectivity index (χ0) is 11.8. The second-order valence-electron chi connectivity index (χ2n) is 6.40. The van der Waals surface area contributed by atoms with Gasteiger partial charge in [-0.15, -0.1) is 0 Å². The summed E-state index contributed by atoms with van der Waals surface area (Å²) in [4.78, 5) is 12.3. The largest absolute Gasteiger partial charge is 0.414 e. The number of ketones is 1. The van der Waals surface area contributed by atoms with E-state index in [9.17, 15) is 4.79 Å². The fourth-order valence-corrected chi connectivity index (χ4v) is 4.56. The molecule has 0 aliphatic heterocycles. The molecule has 2 aliphatic carbocycles. The Hall–Kier alpha value is -0.153. The normalized spacial score (nSPS) is 35.9. The maximum atomic E-state index is 12.3. The van der Waals surface area contributed by atoms with Gasteiger partial charge in [-0.1, -0.05) is 6.42 Å². The number of carbonyl (C=O) groups is 1. The van der Waals surface area contributed by atoms with Crippen LogP contribution in [0, 0.1) is 5.41 Å². The van der Waals surface area contributed by atoms with E-state index in [1.165, 1.54) is 12.8 Å². The summed E-state index contributed by atoms with van der Waals surface area (Å²) in [5, 5.41) is 0. The molecule has 3 heteroatoms. The van der Waals surface area contributed by atoms with Crippen LogP contribution in [-0.4, -0.2) is 20.2 Å². The van der Waals surface area contributed by atoms with E-state index < -0.39 is 8.32 Å². The van der Waals surface area contributed by atoms with Gasteiger partial charge in [-0.25, -0.2) is 0 Å². The van der Waals surface area contributed by atoms with Crippen molar-refractivity contribution in [1.82, 2.24) is 0 Å². The van der Waals surface area contributed by atoms with Gasteiger partial charge in [0.15, 0.2) is 8.32 Å². The molecule has 0 unspecified atom stereocenters. The number of Topliss-reactive ketones (excluding diaryl/α,β-unsaturated/α-hetero) is 1. The molecule has 0 bridgehead atoms. The molecule has 2 fully saturated rings. The molecule has 92 valence electrons. The van der Waals surface area contributed by atoms with E-state index in [1.807, 2.05) is 0 Å². The van der Waals surface area contributed by atoms with Crippen LogP contribution in [0.3, 0.4) is 0 Å². The van der Waals surface area contributed by atoms with Crippen LogP contribution in [0.25, 0.3) is 0 Å². The van der Waals surface area contributed by atoms with Crippen LogP contribution in [0.1, 0.15) is 44.9 Å². The molecule has 0 amide bonds. The van der Waals surface area contributed by atoms with Gasteiger partial charge in [-0.2, -0.15) is 0 Å². The van der Waals surface area contributed by atoms with Crippen LogP contribution in [-0.2, 0) is 9.22 Å². The predicted octanol–water partition coefficient (Wildman–Crippen LogP) is 3.52. The topological polar surface area (TPSA) is 26.3 Å². The first kappa shape index (κ1) is 12.3. The predicted molar refractivity (Wildman–Crippen MR) is 68.0 cm³/mol. The molecule has 2 aliphatic rings. The van der Waals surface area contributed by atoms with E-state index in [2.05, 4.69) is 19.6 Å². The summed E-state index contributed by atoms with van der Waals surface area (Å²) in [5.41, 5.74) is -0.0709. The summed E-state index contributed by atoms with van der Waals surface area (Å²) in [6.07, 6.45) is 7.81. The highest BCUT2D eigenvalue weighted by Gasteiger charge is 2.50. The second kappa shape index (κ2) is 4.26. The Labute approximate surface area is 99.9 Å². The number of hydrogen-bond donors (Lipinski definition) is 0. The lowest BCUT2D eigenvalue weighted by Crippen LogP contribution is -2.46. The fourth-order valence-electron chi connectivity index (χ4n) is 3.36. The summed E-state index contributed by atoms with van der Waals surface area (Å²) in [6, 6.07) is 0. The summed E-state index contributed by atoms with van der Waals surface area (Å²) < 4.78 is 6.28. The smallest absolute Gasteiger partial charge is 0.184 e. The molecule has 0 aromatic heterocycles. The Morgan fingerprint density at radius 3 is 2.50 bits per heavy atom. The summed E-state index contributed by atoms with van der Waals surface area (Å²) in [5.74, 6) is 0.500. The minimum Gasteiger partial charge on any atom is -0.414 e. The van der Waals surface area contributed by atoms with E-state index >= 15 is 0 Å². The number of hydrogen-bond acceptors (Lipinski definition) is 2. The standard InChI is InChI=1S/C13H24O2Si/c1-16(2,3)15-12-8-6-10-13(12)9-5-4-7-11(13)14/h12H,4-10H2,1-3H3/t12-,13+/m1/s1. The molecule has 2 atom stereocenters. The fraction of sp³-hybridized carbons (Fsp3) is 0.923. The highest BCUT2D eigenvalue weighted by molar-refractivity contribution is 6.69. The SMILES string of the molecule is C[Si](C)(C)O[C@@H]1CCC[C@]12CCCCC2=O. The van der Waals surface area contributed by atoms with Gasteiger partial charge in [0.05, 0.1) is 11.5 Å². The Bertz CT molecular complexity index is 282. The van der Waals surface area contributed by atoms with Crippen LogP contribution in [0.5, 0.6) is 0 Å². The van der Waals surface area contributed by atoms with E-state index in [1.54, 1.807) is 0 Å². The van der Waals surface area contributed by atoms with Crippen molar-refractivity contribution in [2.45, 2.75) is 70.7 Å². The Morgan fingerprint density at radius 1 is 1.19 bits per heavy atom. The van der Waals surface area contributed by atoms with Gasteiger partial charge < -0.3 is 4.43 Å². The van der Waals surface area contributed by atoms with Crippen LogP contribution in [0.2, 0.25) is 19.6 Å². The first-order chi connectivity index (χ1) is 7.44. The van der Waals surface area contributed by atoms with Crippen molar-refractivity contribution < 1.29 is 9.22 Å². The maximum Gasteiger partial charge on any atom is 0.184 e. The zero-order valence-electron chi connectivity index (χ0n) is 10.8. The van der Waals surface area contributed by atoms with E-state index in [0.29, 0.717) is 5.78 Å². The lowest BCUT2D eigenvalue weighted by atomic mass is 9.70. The highest BCUT2D eigenvalue weighted by atomic mass is 28.4. The summed E-state index contributed by atoms with van der Waals surface area (Å²) >= 11 is 0. The third-order valence-electron chi connectivity index (χ3n) is 4.03. The van der Waals surface area contributed by atoms with Gasteiger partial charge in [-0.3, -0.25) is 4.79 Å². The molecule has 2 rings (SSSR count). The minimum absolute atomic E-state index is 0.0709.